The van der Waals surface area contributed by atoms with Gasteiger partial charge in [0.2, 0.25) is 0 Å². The number of imidazole rings is 1. The van der Waals surface area contributed by atoms with E-state index in [-0.39, 0.29) is 17.6 Å². The van der Waals surface area contributed by atoms with Gasteiger partial charge in [-0.1, -0.05) is 12.1 Å². The second-order valence-corrected chi connectivity index (χ2v) is 8.24. The number of aliphatic hydroxyl groups is 1. The molecule has 29 heavy (non-hydrogen) atoms. The summed E-state index contributed by atoms with van der Waals surface area (Å²) in [6.45, 7) is 3.53. The molecule has 8 nitrogen and oxygen atoms in total. The normalized spacial score (nSPS) is 24.5. The fourth-order valence-electron chi connectivity index (χ4n) is 4.77. The van der Waals surface area contributed by atoms with Crippen molar-refractivity contribution < 1.29 is 14.6 Å². The minimum atomic E-state index is -1.32. The first kappa shape index (κ1) is 20.1. The molecular weight excluding hydrogens is 372 g/mol. The number of H-pyrrole nitrogens is 1. The van der Waals surface area contributed by atoms with Crippen molar-refractivity contribution in [1.29, 1.82) is 0 Å². The maximum Gasteiger partial charge on any atom is 0.326 e. The third-order valence-electron chi connectivity index (χ3n) is 6.30. The van der Waals surface area contributed by atoms with E-state index in [2.05, 4.69) is 9.88 Å². The molecule has 0 saturated carbocycles. The topological polar surface area (TPSA) is 90.8 Å². The van der Waals surface area contributed by atoms with Gasteiger partial charge in [0.15, 0.2) is 5.60 Å². The number of carbonyl (C=O) groups is 1. The van der Waals surface area contributed by atoms with Crippen molar-refractivity contribution in [2.24, 2.45) is 0 Å². The van der Waals surface area contributed by atoms with Gasteiger partial charge in [-0.25, -0.2) is 4.79 Å². The Hall–Kier alpha value is -2.16. The summed E-state index contributed by atoms with van der Waals surface area (Å²) in [6, 6.07) is 7.88. The number of aromatic nitrogens is 2. The van der Waals surface area contributed by atoms with E-state index in [1.165, 1.54) is 0 Å². The first-order valence-electron chi connectivity index (χ1n) is 10.4. The highest BCUT2D eigenvalue weighted by Gasteiger charge is 2.43. The molecule has 2 aliphatic heterocycles. The Balaban J connectivity index is 1.40. The van der Waals surface area contributed by atoms with Crippen LogP contribution < -0.4 is 5.69 Å². The molecule has 1 aromatic carbocycles. The number of β-amino-alcohol motifs (C(OH)–C–C–N with tert-alkyl or cyclic N) is 1. The summed E-state index contributed by atoms with van der Waals surface area (Å²) in [4.78, 5) is 32.1. The van der Waals surface area contributed by atoms with Crippen molar-refractivity contribution in [2.75, 3.05) is 46.4 Å². The quantitative estimate of drug-likeness (QED) is 0.751. The van der Waals surface area contributed by atoms with Crippen molar-refractivity contribution in [1.82, 2.24) is 19.4 Å². The molecule has 2 aliphatic rings. The molecule has 8 heteroatoms. The number of carbonyl (C=O) groups excluding carboxylic acids is 1. The number of hydrogen-bond donors (Lipinski definition) is 2. The molecule has 2 aromatic rings. The number of fused-ring (bicyclic) bond motifs is 1. The van der Waals surface area contributed by atoms with E-state index in [1.54, 1.807) is 12.0 Å². The van der Waals surface area contributed by atoms with Crippen LogP contribution in [0, 0.1) is 0 Å². The van der Waals surface area contributed by atoms with Crippen molar-refractivity contribution >= 4 is 16.9 Å². The Labute approximate surface area is 170 Å². The Morgan fingerprint density at radius 2 is 1.97 bits per heavy atom. The van der Waals surface area contributed by atoms with Gasteiger partial charge in [0.1, 0.15) is 0 Å². The lowest BCUT2D eigenvalue weighted by molar-refractivity contribution is -0.160. The number of piperidine rings is 2. The molecule has 2 N–H and O–H groups in total. The first-order chi connectivity index (χ1) is 14.0. The molecule has 0 aliphatic carbocycles. The molecule has 0 spiro atoms. The molecule has 1 atom stereocenters. The molecule has 0 bridgehead atoms. The van der Waals surface area contributed by atoms with Crippen LogP contribution >= 0.6 is 0 Å². The van der Waals surface area contributed by atoms with E-state index < -0.39 is 5.60 Å². The van der Waals surface area contributed by atoms with Crippen LogP contribution in [0.3, 0.4) is 0 Å². The Morgan fingerprint density at radius 3 is 2.72 bits per heavy atom. The Morgan fingerprint density at radius 1 is 1.21 bits per heavy atom. The molecule has 0 radical (unpaired) electrons. The van der Waals surface area contributed by atoms with E-state index in [9.17, 15) is 14.7 Å². The van der Waals surface area contributed by atoms with Gasteiger partial charge in [-0.15, -0.1) is 0 Å². The summed E-state index contributed by atoms with van der Waals surface area (Å²) < 4.78 is 6.94. The lowest BCUT2D eigenvalue weighted by atomic mass is 9.90. The van der Waals surface area contributed by atoms with Crippen molar-refractivity contribution in [3.63, 3.8) is 0 Å². The van der Waals surface area contributed by atoms with Gasteiger partial charge in [-0.05, 0) is 37.8 Å². The molecule has 3 heterocycles. The van der Waals surface area contributed by atoms with E-state index in [1.807, 2.05) is 28.8 Å². The highest BCUT2D eigenvalue weighted by Crippen LogP contribution is 2.28. The molecule has 1 aromatic heterocycles. The number of rotatable bonds is 6. The number of likely N-dealkylation sites (tertiary alicyclic amines) is 2. The largest absolute Gasteiger partial charge is 0.383 e. The van der Waals surface area contributed by atoms with Gasteiger partial charge in [-0.3, -0.25) is 14.3 Å². The standard InChI is InChI=1S/C21H30N4O4/c1-29-14-13-24-10-4-9-21(28,19(24)26)15-23-11-7-16(8-12-23)25-18-6-3-2-5-17(18)22-20(25)27/h2-3,5-6,16,28H,4,7-15H2,1H3,(H,22,27)/t21-/m1/s1. The van der Waals surface area contributed by atoms with E-state index in [0.717, 1.165) is 43.4 Å². The number of nitrogens with zero attached hydrogens (tertiary/aromatic N) is 3. The number of methoxy groups -OCH3 is 1. The van der Waals surface area contributed by atoms with Gasteiger partial charge >= 0.3 is 5.69 Å². The summed E-state index contributed by atoms with van der Waals surface area (Å²) in [6.07, 6.45) is 2.93. The van der Waals surface area contributed by atoms with Gasteiger partial charge in [0.25, 0.3) is 5.91 Å². The van der Waals surface area contributed by atoms with Crippen LogP contribution in [0.25, 0.3) is 11.0 Å². The minimum Gasteiger partial charge on any atom is -0.383 e. The fraction of sp³-hybridized carbons (Fsp3) is 0.619. The molecule has 2 saturated heterocycles. The van der Waals surface area contributed by atoms with Gasteiger partial charge in [0, 0.05) is 45.9 Å². The van der Waals surface area contributed by atoms with Gasteiger partial charge in [0.05, 0.1) is 17.6 Å². The Kier molecular flexibility index (Phi) is 5.76. The van der Waals surface area contributed by atoms with Crippen LogP contribution in [0.15, 0.2) is 29.1 Å². The average Bonchev–Trinajstić information content (AvgIpc) is 3.05. The molecular formula is C21H30N4O4. The zero-order chi connectivity index (χ0) is 20.4. The SMILES string of the molecule is COCCN1CCC[C@@](O)(CN2CCC(n3c(=O)[nH]c4ccccc43)CC2)C1=O. The lowest BCUT2D eigenvalue weighted by Gasteiger charge is -2.42. The summed E-state index contributed by atoms with van der Waals surface area (Å²) in [5, 5.41) is 11.1. The van der Waals surface area contributed by atoms with Crippen LogP contribution in [0.5, 0.6) is 0 Å². The van der Waals surface area contributed by atoms with Crippen LogP contribution in [0.2, 0.25) is 0 Å². The zero-order valence-electron chi connectivity index (χ0n) is 17.0. The summed E-state index contributed by atoms with van der Waals surface area (Å²) >= 11 is 0. The lowest BCUT2D eigenvalue weighted by Crippen LogP contribution is -2.59. The highest BCUT2D eigenvalue weighted by atomic mass is 16.5. The maximum atomic E-state index is 12.8. The number of nitrogens with one attached hydrogen (secondary N) is 1. The van der Waals surface area contributed by atoms with Crippen molar-refractivity contribution in [3.05, 3.63) is 34.7 Å². The number of hydrogen-bond acceptors (Lipinski definition) is 5. The zero-order valence-corrected chi connectivity index (χ0v) is 17.0. The maximum absolute atomic E-state index is 12.8. The second kappa shape index (κ2) is 8.30. The summed E-state index contributed by atoms with van der Waals surface area (Å²) in [5.74, 6) is -0.184. The molecule has 0 unspecified atom stereocenters. The fourth-order valence-corrected chi connectivity index (χ4v) is 4.77. The van der Waals surface area contributed by atoms with Gasteiger partial charge in [-0.2, -0.15) is 0 Å². The molecule has 1 amide bonds. The minimum absolute atomic E-state index is 0.0699. The predicted molar refractivity (Wildman–Crippen MR) is 110 cm³/mol. The number of aromatic amines is 1. The predicted octanol–water partition coefficient (Wildman–Crippen LogP) is 0.966. The van der Waals surface area contributed by atoms with Crippen LogP contribution in [0.1, 0.15) is 31.7 Å². The van der Waals surface area contributed by atoms with E-state index in [0.29, 0.717) is 32.7 Å². The average molecular weight is 402 g/mol. The third kappa shape index (κ3) is 3.97. The number of ether oxygens (including phenoxy) is 1. The molecule has 2 fully saturated rings. The monoisotopic (exact) mass is 402 g/mol. The summed E-state index contributed by atoms with van der Waals surface area (Å²) in [7, 11) is 1.61. The van der Waals surface area contributed by atoms with Crippen LogP contribution in [0.4, 0.5) is 0 Å². The molecule has 4 rings (SSSR count). The highest BCUT2D eigenvalue weighted by molar-refractivity contribution is 5.86. The smallest absolute Gasteiger partial charge is 0.326 e. The first-order valence-corrected chi connectivity index (χ1v) is 10.4. The van der Waals surface area contributed by atoms with Crippen LogP contribution in [-0.4, -0.2) is 82.4 Å². The number of amides is 1. The molecule has 158 valence electrons. The van der Waals surface area contributed by atoms with E-state index in [4.69, 9.17) is 4.74 Å². The van der Waals surface area contributed by atoms with Crippen molar-refractivity contribution in [2.45, 2.75) is 37.3 Å². The second-order valence-electron chi connectivity index (χ2n) is 8.24. The van der Waals surface area contributed by atoms with Gasteiger partial charge < -0.3 is 19.7 Å². The summed E-state index contributed by atoms with van der Waals surface area (Å²) in [5.41, 5.74) is 0.403. The van der Waals surface area contributed by atoms with E-state index >= 15 is 0 Å². The Bertz CT molecular complexity index is 915. The van der Waals surface area contributed by atoms with Crippen molar-refractivity contribution in [3.8, 4) is 0 Å². The number of para-hydroxylation sites is 2. The van der Waals surface area contributed by atoms with Crippen LogP contribution in [-0.2, 0) is 9.53 Å². The number of benzene rings is 1. The third-order valence-corrected chi connectivity index (χ3v) is 6.30.